The molecule has 3 aromatic rings. The number of rotatable bonds is 8. The molecule has 5 heterocycles. The first kappa shape index (κ1) is 24.4. The topological polar surface area (TPSA) is 118 Å². The van der Waals surface area contributed by atoms with Gasteiger partial charge in [0.05, 0.1) is 23.1 Å². The van der Waals surface area contributed by atoms with Crippen LogP contribution in [0.3, 0.4) is 0 Å². The Morgan fingerprint density at radius 3 is 2.72 bits per heavy atom. The van der Waals surface area contributed by atoms with Gasteiger partial charge in [0.25, 0.3) is 0 Å². The second-order valence-corrected chi connectivity index (χ2v) is 10.4. The first-order chi connectivity index (χ1) is 17.3. The van der Waals surface area contributed by atoms with Crippen molar-refractivity contribution < 1.29 is 19.4 Å². The van der Waals surface area contributed by atoms with Crippen molar-refractivity contribution in [1.82, 2.24) is 14.5 Å². The summed E-state index contributed by atoms with van der Waals surface area (Å²) < 4.78 is 7.32. The Hall–Kier alpha value is -3.31. The zero-order valence-corrected chi connectivity index (χ0v) is 21.2. The van der Waals surface area contributed by atoms with Gasteiger partial charge in [0.2, 0.25) is 5.43 Å². The van der Waals surface area contributed by atoms with Crippen molar-refractivity contribution in [1.29, 1.82) is 0 Å². The molecule has 1 atom stereocenters. The molecular weight excluding hydrogens is 482 g/mol. The third-order valence-corrected chi connectivity index (χ3v) is 7.68. The highest BCUT2D eigenvalue weighted by molar-refractivity contribution is 7.12. The number of anilines is 2. The lowest BCUT2D eigenvalue weighted by molar-refractivity contribution is -0.124. The van der Waals surface area contributed by atoms with E-state index in [-0.39, 0.29) is 28.8 Å². The average Bonchev–Trinajstić information content (AvgIpc) is 3.36. The number of carbonyl (C=O) groups excluding carboxylic acids is 1. The van der Waals surface area contributed by atoms with Gasteiger partial charge >= 0.3 is 5.97 Å². The maximum atomic E-state index is 13.2. The van der Waals surface area contributed by atoms with Gasteiger partial charge in [0, 0.05) is 64.1 Å². The molecule has 2 fully saturated rings. The van der Waals surface area contributed by atoms with Crippen molar-refractivity contribution in [3.05, 3.63) is 39.6 Å². The molecule has 0 spiro atoms. The van der Waals surface area contributed by atoms with Crippen LogP contribution in [0.15, 0.2) is 28.6 Å². The van der Waals surface area contributed by atoms with E-state index in [1.807, 2.05) is 4.90 Å². The van der Waals surface area contributed by atoms with Crippen LogP contribution < -0.4 is 15.2 Å². The number of nitrogens with zero attached hydrogens (tertiary/aromatic N) is 5. The van der Waals surface area contributed by atoms with Gasteiger partial charge in [0.15, 0.2) is 10.8 Å². The summed E-state index contributed by atoms with van der Waals surface area (Å²) in [7, 11) is 3.60. The maximum absolute atomic E-state index is 13.2. The van der Waals surface area contributed by atoms with Gasteiger partial charge in [-0.15, -0.1) is 11.3 Å². The summed E-state index contributed by atoms with van der Waals surface area (Å²) in [4.78, 5) is 50.7. The summed E-state index contributed by atoms with van der Waals surface area (Å²) in [6.07, 6.45) is 7.70. The fourth-order valence-electron chi connectivity index (χ4n) is 4.84. The summed E-state index contributed by atoms with van der Waals surface area (Å²) in [5.74, 6) is -0.466. The van der Waals surface area contributed by atoms with Crippen LogP contribution in [-0.4, -0.2) is 71.3 Å². The summed E-state index contributed by atoms with van der Waals surface area (Å²) in [5, 5.41) is 12.2. The van der Waals surface area contributed by atoms with Crippen LogP contribution in [0.1, 0.15) is 42.5 Å². The highest BCUT2D eigenvalue weighted by Gasteiger charge is 2.34. The highest BCUT2D eigenvalue weighted by atomic mass is 32.1. The van der Waals surface area contributed by atoms with Crippen molar-refractivity contribution in [2.45, 2.75) is 38.2 Å². The number of aromatic nitrogens is 3. The Kier molecular flexibility index (Phi) is 6.76. The van der Waals surface area contributed by atoms with Crippen LogP contribution in [-0.2, 0) is 9.53 Å². The molecule has 36 heavy (non-hydrogen) atoms. The number of carbonyl (C=O) groups is 2. The van der Waals surface area contributed by atoms with Crippen LogP contribution in [0.25, 0.3) is 16.2 Å². The van der Waals surface area contributed by atoms with Crippen LogP contribution in [0.2, 0.25) is 0 Å². The van der Waals surface area contributed by atoms with Gasteiger partial charge in [-0.3, -0.25) is 14.2 Å². The molecule has 0 aromatic carbocycles. The molecule has 2 saturated heterocycles. The number of ketones is 1. The Morgan fingerprint density at radius 1 is 1.28 bits per heavy atom. The smallest absolute Gasteiger partial charge is 0.341 e. The Balaban J connectivity index is 1.44. The minimum Gasteiger partial charge on any atom is -0.477 e. The SMILES string of the molecule is CN(C)c1cc(N2CC(C(=O)CCC3CCCCO3)C2)nc2c1c(=O)c(C(=O)O)cn2-c1nccs1. The summed E-state index contributed by atoms with van der Waals surface area (Å²) in [6.45, 7) is 1.91. The minimum atomic E-state index is -1.30. The van der Waals surface area contributed by atoms with Crippen molar-refractivity contribution in [3.8, 4) is 5.13 Å². The molecule has 2 aliphatic rings. The third kappa shape index (κ3) is 4.60. The monoisotopic (exact) mass is 511 g/mol. The second kappa shape index (κ2) is 9.98. The number of Topliss-reactive ketones (excluding diaryl/α,β-unsaturated/α-hetero) is 1. The number of ether oxygens (including phenoxy) is 1. The number of pyridine rings is 2. The first-order valence-electron chi connectivity index (χ1n) is 12.1. The van der Waals surface area contributed by atoms with Crippen LogP contribution in [0.5, 0.6) is 0 Å². The van der Waals surface area contributed by atoms with E-state index in [1.54, 1.807) is 41.2 Å². The van der Waals surface area contributed by atoms with Gasteiger partial charge in [-0.25, -0.2) is 14.8 Å². The van der Waals surface area contributed by atoms with Crippen molar-refractivity contribution in [2.24, 2.45) is 5.92 Å². The van der Waals surface area contributed by atoms with Gasteiger partial charge in [-0.05, 0) is 25.7 Å². The van der Waals surface area contributed by atoms with Gasteiger partial charge in [-0.2, -0.15) is 0 Å². The number of thiazole rings is 1. The molecule has 2 aliphatic heterocycles. The zero-order chi connectivity index (χ0) is 25.4. The molecule has 3 aromatic heterocycles. The average molecular weight is 512 g/mol. The normalized spacial score (nSPS) is 18.3. The number of carboxylic acids is 1. The fraction of sp³-hybridized carbons (Fsp3) is 0.480. The fourth-order valence-corrected chi connectivity index (χ4v) is 5.46. The predicted octanol–water partition coefficient (Wildman–Crippen LogP) is 2.96. The van der Waals surface area contributed by atoms with Crippen LogP contribution in [0.4, 0.5) is 11.5 Å². The van der Waals surface area contributed by atoms with E-state index in [0.29, 0.717) is 41.8 Å². The van der Waals surface area contributed by atoms with Gasteiger partial charge < -0.3 is 19.6 Å². The van der Waals surface area contributed by atoms with E-state index in [4.69, 9.17) is 9.72 Å². The molecule has 0 aliphatic carbocycles. The van der Waals surface area contributed by atoms with E-state index in [2.05, 4.69) is 4.98 Å². The maximum Gasteiger partial charge on any atom is 0.341 e. The van der Waals surface area contributed by atoms with Gasteiger partial charge in [0.1, 0.15) is 17.2 Å². The second-order valence-electron chi connectivity index (χ2n) is 9.55. The Morgan fingerprint density at radius 2 is 2.08 bits per heavy atom. The van der Waals surface area contributed by atoms with E-state index >= 15 is 0 Å². The number of fused-ring (bicyclic) bond motifs is 1. The Bertz CT molecular complexity index is 1340. The Labute approximate surface area is 212 Å². The molecular formula is C25H29N5O5S. The summed E-state index contributed by atoms with van der Waals surface area (Å²) >= 11 is 1.32. The predicted molar refractivity (Wildman–Crippen MR) is 138 cm³/mol. The first-order valence-corrected chi connectivity index (χ1v) is 13.0. The van der Waals surface area contributed by atoms with Crippen molar-refractivity contribution in [2.75, 3.05) is 43.6 Å². The number of hydrogen-bond donors (Lipinski definition) is 1. The molecule has 1 N–H and O–H groups in total. The number of aromatic carboxylic acids is 1. The van der Waals surface area contributed by atoms with Crippen LogP contribution in [0, 0.1) is 5.92 Å². The quantitative estimate of drug-likeness (QED) is 0.487. The minimum absolute atomic E-state index is 0.0514. The summed E-state index contributed by atoms with van der Waals surface area (Å²) in [5.41, 5.74) is -0.0236. The lowest BCUT2D eigenvalue weighted by Gasteiger charge is -2.40. The van der Waals surface area contributed by atoms with Crippen molar-refractivity contribution >= 4 is 45.6 Å². The highest BCUT2D eigenvalue weighted by Crippen LogP contribution is 2.33. The largest absolute Gasteiger partial charge is 0.477 e. The van der Waals surface area contributed by atoms with Crippen molar-refractivity contribution in [3.63, 3.8) is 0 Å². The lowest BCUT2D eigenvalue weighted by Crippen LogP contribution is -2.51. The third-order valence-electron chi connectivity index (χ3n) is 6.91. The molecule has 0 amide bonds. The van der Waals surface area contributed by atoms with Crippen LogP contribution >= 0.6 is 11.3 Å². The standard InChI is InChI=1S/C25H29N5O5S/c1-28(2)18-11-20(29-12-15(13-29)19(31)7-6-16-5-3-4-9-35-16)27-23-21(18)22(32)17(24(33)34)14-30(23)25-26-8-10-36-25/h8,10-11,14-16H,3-7,9,12-13H2,1-2H3,(H,33,34). The number of hydrogen-bond acceptors (Lipinski definition) is 9. The molecule has 190 valence electrons. The molecule has 10 nitrogen and oxygen atoms in total. The van der Waals surface area contributed by atoms with E-state index < -0.39 is 11.4 Å². The lowest BCUT2D eigenvalue weighted by atomic mass is 9.91. The zero-order valence-electron chi connectivity index (χ0n) is 20.3. The van der Waals surface area contributed by atoms with E-state index in [9.17, 15) is 19.5 Å². The van der Waals surface area contributed by atoms with Gasteiger partial charge in [-0.1, -0.05) is 0 Å². The molecule has 0 radical (unpaired) electrons. The molecule has 11 heteroatoms. The molecule has 0 saturated carbocycles. The number of carboxylic acid groups (broad SMARTS) is 1. The van der Waals surface area contributed by atoms with E-state index in [0.717, 1.165) is 32.3 Å². The molecule has 1 unspecified atom stereocenters. The van der Waals surface area contributed by atoms with E-state index in [1.165, 1.54) is 17.5 Å². The molecule has 0 bridgehead atoms. The molecule has 5 rings (SSSR count). The summed E-state index contributed by atoms with van der Waals surface area (Å²) in [6, 6.07) is 1.79.